The van der Waals surface area contributed by atoms with Crippen LogP contribution in [0.2, 0.25) is 0 Å². The van der Waals surface area contributed by atoms with Gasteiger partial charge >= 0.3 is 6.03 Å². The number of carbonyl (C=O) groups is 2. The van der Waals surface area contributed by atoms with Gasteiger partial charge in [0.25, 0.3) is 0 Å². The van der Waals surface area contributed by atoms with Gasteiger partial charge in [-0.3, -0.25) is 10.1 Å². The molecule has 18 heavy (non-hydrogen) atoms. The minimum Gasteiger partial charge on any atom is -0.303 e. The van der Waals surface area contributed by atoms with E-state index in [0.29, 0.717) is 6.54 Å². The summed E-state index contributed by atoms with van der Waals surface area (Å²) >= 11 is 0. The molecule has 2 rings (SSSR count). The molecule has 0 aromatic heterocycles. The third kappa shape index (κ3) is 2.86. The first kappa shape index (κ1) is 12.1. The van der Waals surface area contributed by atoms with Crippen LogP contribution in [0.3, 0.4) is 0 Å². The van der Waals surface area contributed by atoms with Crippen LogP contribution in [0.4, 0.5) is 4.79 Å². The molecule has 1 aromatic rings. The Kier molecular flexibility index (Phi) is 3.28. The summed E-state index contributed by atoms with van der Waals surface area (Å²) in [5.74, 6) is -0.353. The fraction of sp³-hybridized carbons (Fsp3) is 0.308. The zero-order valence-corrected chi connectivity index (χ0v) is 10.0. The second-order valence-electron chi connectivity index (χ2n) is 4.32. The molecule has 0 bridgehead atoms. The summed E-state index contributed by atoms with van der Waals surface area (Å²) in [4.78, 5) is 24.4. The van der Waals surface area contributed by atoms with Gasteiger partial charge in [0.1, 0.15) is 6.04 Å². The first-order chi connectivity index (χ1) is 8.60. The average molecular weight is 243 g/mol. The van der Waals surface area contributed by atoms with E-state index in [4.69, 9.17) is 5.26 Å². The van der Waals surface area contributed by atoms with E-state index in [1.807, 2.05) is 37.3 Å². The van der Waals surface area contributed by atoms with E-state index in [1.165, 1.54) is 4.90 Å². The highest BCUT2D eigenvalue weighted by Crippen LogP contribution is 2.15. The molecule has 1 aliphatic heterocycles. The van der Waals surface area contributed by atoms with Gasteiger partial charge in [0.2, 0.25) is 5.91 Å². The molecule has 0 saturated carbocycles. The Morgan fingerprint density at radius 2 is 2.33 bits per heavy atom. The minimum atomic E-state index is -0.487. The molecule has 0 aliphatic carbocycles. The summed E-state index contributed by atoms with van der Waals surface area (Å²) < 4.78 is 0. The topological polar surface area (TPSA) is 73.0 Å². The first-order valence-corrected chi connectivity index (χ1v) is 5.66. The minimum absolute atomic E-state index is 0.165. The molecular formula is C13H13N3O2. The molecule has 1 aliphatic rings. The van der Waals surface area contributed by atoms with E-state index < -0.39 is 6.03 Å². The van der Waals surface area contributed by atoms with Crippen LogP contribution >= 0.6 is 0 Å². The van der Waals surface area contributed by atoms with Crippen LogP contribution in [0.1, 0.15) is 11.1 Å². The van der Waals surface area contributed by atoms with Crippen molar-refractivity contribution in [1.29, 1.82) is 5.26 Å². The lowest BCUT2D eigenvalue weighted by molar-refractivity contribution is -0.119. The summed E-state index contributed by atoms with van der Waals surface area (Å²) in [6.45, 7) is 2.35. The number of rotatable bonds is 2. The quantitative estimate of drug-likeness (QED) is 0.787. The van der Waals surface area contributed by atoms with Crippen molar-refractivity contribution in [2.24, 2.45) is 0 Å². The van der Waals surface area contributed by atoms with Crippen molar-refractivity contribution in [3.8, 4) is 6.07 Å². The molecular weight excluding hydrogens is 230 g/mol. The fourth-order valence-electron chi connectivity index (χ4n) is 1.72. The van der Waals surface area contributed by atoms with E-state index in [9.17, 15) is 9.59 Å². The molecule has 1 fully saturated rings. The molecule has 1 aromatic carbocycles. The summed E-state index contributed by atoms with van der Waals surface area (Å²) in [5, 5.41) is 10.8. The number of imide groups is 1. The van der Waals surface area contributed by atoms with Crippen LogP contribution in [0.5, 0.6) is 0 Å². The van der Waals surface area contributed by atoms with Crippen molar-refractivity contribution in [1.82, 2.24) is 10.2 Å². The number of benzene rings is 1. The maximum atomic E-state index is 11.6. The number of urea groups is 1. The predicted octanol–water partition coefficient (Wildman–Crippen LogP) is 0.982. The molecule has 3 amide bonds. The van der Waals surface area contributed by atoms with E-state index in [-0.39, 0.29) is 18.4 Å². The van der Waals surface area contributed by atoms with Crippen LogP contribution in [-0.2, 0) is 11.2 Å². The average Bonchev–Trinajstić information content (AvgIpc) is 3.07. The lowest BCUT2D eigenvalue weighted by Crippen LogP contribution is -2.35. The third-order valence-corrected chi connectivity index (χ3v) is 2.72. The lowest BCUT2D eigenvalue weighted by atomic mass is 10.1. The summed E-state index contributed by atoms with van der Waals surface area (Å²) in [7, 11) is 0. The van der Waals surface area contributed by atoms with E-state index in [1.54, 1.807) is 0 Å². The van der Waals surface area contributed by atoms with Crippen molar-refractivity contribution in [3.63, 3.8) is 0 Å². The number of hydrogen-bond donors (Lipinski definition) is 1. The van der Waals surface area contributed by atoms with Crippen LogP contribution in [0.25, 0.3) is 0 Å². The van der Waals surface area contributed by atoms with Crippen molar-refractivity contribution in [2.45, 2.75) is 19.4 Å². The van der Waals surface area contributed by atoms with Gasteiger partial charge in [0.05, 0.1) is 19.0 Å². The van der Waals surface area contributed by atoms with Gasteiger partial charge in [-0.2, -0.15) is 5.26 Å². The molecule has 1 heterocycles. The largest absolute Gasteiger partial charge is 0.325 e. The Morgan fingerprint density at radius 1 is 1.56 bits per heavy atom. The summed E-state index contributed by atoms with van der Waals surface area (Å²) in [6.07, 6.45) is 0.165. The van der Waals surface area contributed by atoms with Crippen molar-refractivity contribution in [2.75, 3.05) is 6.54 Å². The maximum absolute atomic E-state index is 11.6. The molecule has 92 valence electrons. The Morgan fingerprint density at radius 3 is 2.94 bits per heavy atom. The lowest BCUT2D eigenvalue weighted by Gasteiger charge is -2.05. The van der Waals surface area contributed by atoms with E-state index in [0.717, 1.165) is 11.1 Å². The van der Waals surface area contributed by atoms with Gasteiger partial charge < -0.3 is 4.90 Å². The Hall–Kier alpha value is -2.35. The zero-order chi connectivity index (χ0) is 13.1. The Bertz CT molecular complexity index is 533. The number of nitrogens with one attached hydrogen (secondary N) is 1. The van der Waals surface area contributed by atoms with Gasteiger partial charge in [-0.1, -0.05) is 29.8 Å². The molecule has 1 saturated heterocycles. The zero-order valence-electron chi connectivity index (χ0n) is 10.0. The van der Waals surface area contributed by atoms with Crippen molar-refractivity contribution in [3.05, 3.63) is 35.4 Å². The number of aryl methyl sites for hydroxylation is 1. The van der Waals surface area contributed by atoms with Crippen molar-refractivity contribution >= 4 is 11.9 Å². The second-order valence-corrected chi connectivity index (χ2v) is 4.32. The standard InChI is InChI=1S/C13H13N3O2/c1-9-3-2-4-10(5-9)6-12(17)15-13(18)16-8-11(16)7-14/h2-5,11H,6,8H2,1H3,(H,15,17,18). The highest BCUT2D eigenvalue weighted by atomic mass is 16.2. The smallest absolute Gasteiger partial charge is 0.303 e. The van der Waals surface area contributed by atoms with Gasteiger partial charge in [-0.15, -0.1) is 0 Å². The highest BCUT2D eigenvalue weighted by molar-refractivity contribution is 5.96. The number of nitrogens with zero attached hydrogens (tertiary/aromatic N) is 2. The molecule has 5 heteroatoms. The maximum Gasteiger partial charge on any atom is 0.325 e. The van der Waals surface area contributed by atoms with Gasteiger partial charge in [0, 0.05) is 0 Å². The van der Waals surface area contributed by atoms with E-state index in [2.05, 4.69) is 5.32 Å². The number of hydrogen-bond acceptors (Lipinski definition) is 3. The SMILES string of the molecule is Cc1cccc(CC(=O)NC(=O)N2CC2C#N)c1. The van der Waals surface area contributed by atoms with Crippen LogP contribution < -0.4 is 5.32 Å². The number of amides is 3. The fourth-order valence-corrected chi connectivity index (χ4v) is 1.72. The number of nitriles is 1. The second kappa shape index (κ2) is 4.88. The Labute approximate surface area is 105 Å². The summed E-state index contributed by atoms with van der Waals surface area (Å²) in [5.41, 5.74) is 1.94. The summed E-state index contributed by atoms with van der Waals surface area (Å²) in [6, 6.07) is 8.65. The van der Waals surface area contributed by atoms with E-state index >= 15 is 0 Å². The van der Waals surface area contributed by atoms with Crippen LogP contribution in [0.15, 0.2) is 24.3 Å². The van der Waals surface area contributed by atoms with Gasteiger partial charge in [0.15, 0.2) is 0 Å². The highest BCUT2D eigenvalue weighted by Gasteiger charge is 2.39. The first-order valence-electron chi connectivity index (χ1n) is 5.66. The molecule has 1 atom stereocenters. The van der Waals surface area contributed by atoms with Crippen molar-refractivity contribution < 1.29 is 9.59 Å². The van der Waals surface area contributed by atoms with Gasteiger partial charge in [-0.05, 0) is 12.5 Å². The molecule has 0 spiro atoms. The normalized spacial score (nSPS) is 16.9. The van der Waals surface area contributed by atoms with Gasteiger partial charge in [-0.25, -0.2) is 4.79 Å². The van der Waals surface area contributed by atoms with Crippen LogP contribution in [-0.4, -0.2) is 29.4 Å². The monoisotopic (exact) mass is 243 g/mol. The predicted molar refractivity (Wildman–Crippen MR) is 64.5 cm³/mol. The molecule has 5 nitrogen and oxygen atoms in total. The molecule has 1 N–H and O–H groups in total. The number of carbonyl (C=O) groups excluding carboxylic acids is 2. The third-order valence-electron chi connectivity index (χ3n) is 2.72. The Balaban J connectivity index is 1.86. The van der Waals surface area contributed by atoms with Crippen LogP contribution in [0, 0.1) is 18.3 Å². The molecule has 0 radical (unpaired) electrons. The molecule has 1 unspecified atom stereocenters.